The maximum Gasteiger partial charge on any atom is 0.230 e. The Labute approximate surface area is 99.2 Å². The third-order valence-corrected chi connectivity index (χ3v) is 2.63. The third-order valence-electron chi connectivity index (χ3n) is 2.63. The van der Waals surface area contributed by atoms with E-state index < -0.39 is 0 Å². The van der Waals surface area contributed by atoms with E-state index >= 15 is 0 Å². The number of nitrogens with one attached hydrogen (secondary N) is 1. The Bertz CT molecular complexity index is 584. The maximum atomic E-state index is 11.4. The predicted molar refractivity (Wildman–Crippen MR) is 66.9 cm³/mol. The SMILES string of the molecule is CC(=O)N(C(C)=O)c1ccc2[nH]c(C)cc2c1. The molecule has 0 unspecified atom stereocenters. The van der Waals surface area contributed by atoms with Crippen LogP contribution in [0.15, 0.2) is 24.3 Å². The average molecular weight is 230 g/mol. The second kappa shape index (κ2) is 4.05. The number of rotatable bonds is 1. The average Bonchev–Trinajstić information content (AvgIpc) is 2.56. The second-order valence-electron chi connectivity index (χ2n) is 4.10. The predicted octanol–water partition coefficient (Wildman–Crippen LogP) is 2.38. The van der Waals surface area contributed by atoms with E-state index in [0.29, 0.717) is 5.69 Å². The van der Waals surface area contributed by atoms with Gasteiger partial charge in [0.25, 0.3) is 0 Å². The molecule has 0 spiro atoms. The highest BCUT2D eigenvalue weighted by Gasteiger charge is 2.16. The molecule has 88 valence electrons. The first-order valence-corrected chi connectivity index (χ1v) is 5.39. The molecule has 1 aromatic carbocycles. The standard InChI is InChI=1S/C13H14N2O2/c1-8-6-11-7-12(4-5-13(11)14-8)15(9(2)16)10(3)17/h4-7,14H,1-3H3. The van der Waals surface area contributed by atoms with Gasteiger partial charge in [0.15, 0.2) is 0 Å². The van der Waals surface area contributed by atoms with Crippen molar-refractivity contribution in [3.63, 3.8) is 0 Å². The number of aromatic nitrogens is 1. The van der Waals surface area contributed by atoms with E-state index in [0.717, 1.165) is 16.6 Å². The van der Waals surface area contributed by atoms with Crippen LogP contribution in [0.2, 0.25) is 0 Å². The summed E-state index contributed by atoms with van der Waals surface area (Å²) in [5.74, 6) is -0.548. The number of carbonyl (C=O) groups excluding carboxylic acids is 2. The minimum atomic E-state index is -0.274. The number of fused-ring (bicyclic) bond motifs is 1. The van der Waals surface area contributed by atoms with E-state index in [2.05, 4.69) is 4.98 Å². The first kappa shape index (κ1) is 11.4. The molecule has 0 saturated heterocycles. The Morgan fingerprint density at radius 2 is 1.76 bits per heavy atom. The van der Waals surface area contributed by atoms with Gasteiger partial charge in [-0.15, -0.1) is 0 Å². The van der Waals surface area contributed by atoms with E-state index in [4.69, 9.17) is 0 Å². The highest BCUT2D eigenvalue weighted by atomic mass is 16.2. The largest absolute Gasteiger partial charge is 0.359 e. The topological polar surface area (TPSA) is 53.2 Å². The van der Waals surface area contributed by atoms with Gasteiger partial charge < -0.3 is 4.98 Å². The summed E-state index contributed by atoms with van der Waals surface area (Å²) in [5, 5.41) is 0.993. The number of carbonyl (C=O) groups is 2. The van der Waals surface area contributed by atoms with Crippen LogP contribution in [0.4, 0.5) is 5.69 Å². The van der Waals surface area contributed by atoms with Crippen LogP contribution in [-0.4, -0.2) is 16.8 Å². The summed E-state index contributed by atoms with van der Waals surface area (Å²) >= 11 is 0. The van der Waals surface area contributed by atoms with Crippen LogP contribution < -0.4 is 4.90 Å². The summed E-state index contributed by atoms with van der Waals surface area (Å²) in [5.41, 5.74) is 2.66. The molecule has 1 aromatic heterocycles. The minimum absolute atomic E-state index is 0.274. The summed E-state index contributed by atoms with van der Waals surface area (Å²) in [7, 11) is 0. The van der Waals surface area contributed by atoms with Gasteiger partial charge >= 0.3 is 0 Å². The lowest BCUT2D eigenvalue weighted by Crippen LogP contribution is -2.32. The number of benzene rings is 1. The zero-order valence-electron chi connectivity index (χ0n) is 10.1. The van der Waals surface area contributed by atoms with Crippen molar-refractivity contribution in [1.29, 1.82) is 0 Å². The van der Waals surface area contributed by atoms with Gasteiger partial charge in [0.2, 0.25) is 11.8 Å². The normalized spacial score (nSPS) is 10.5. The quantitative estimate of drug-likeness (QED) is 0.817. The van der Waals surface area contributed by atoms with Gasteiger partial charge in [0.05, 0.1) is 5.69 Å². The number of aromatic amines is 1. The van der Waals surface area contributed by atoms with Crippen molar-refractivity contribution in [3.8, 4) is 0 Å². The lowest BCUT2D eigenvalue weighted by atomic mass is 10.2. The fourth-order valence-electron chi connectivity index (χ4n) is 1.99. The number of hydrogen-bond acceptors (Lipinski definition) is 2. The molecule has 4 nitrogen and oxygen atoms in total. The van der Waals surface area contributed by atoms with Gasteiger partial charge in [-0.25, -0.2) is 0 Å². The molecule has 1 N–H and O–H groups in total. The molecule has 17 heavy (non-hydrogen) atoms. The van der Waals surface area contributed by atoms with Crippen LogP contribution in [0, 0.1) is 6.92 Å². The van der Waals surface area contributed by atoms with Crippen LogP contribution in [0.3, 0.4) is 0 Å². The lowest BCUT2D eigenvalue weighted by molar-refractivity contribution is -0.124. The molecule has 0 aliphatic carbocycles. The monoisotopic (exact) mass is 230 g/mol. The van der Waals surface area contributed by atoms with Crippen molar-refractivity contribution in [2.45, 2.75) is 20.8 Å². The molecular weight excluding hydrogens is 216 g/mol. The molecule has 0 aliphatic rings. The van der Waals surface area contributed by atoms with Crippen molar-refractivity contribution in [2.24, 2.45) is 0 Å². The van der Waals surface area contributed by atoms with Gasteiger partial charge in [-0.05, 0) is 31.2 Å². The smallest absolute Gasteiger partial charge is 0.230 e. The number of hydrogen-bond donors (Lipinski definition) is 1. The Balaban J connectivity index is 2.54. The summed E-state index contributed by atoms with van der Waals surface area (Å²) in [6.45, 7) is 4.73. The van der Waals surface area contributed by atoms with Crippen LogP contribution >= 0.6 is 0 Å². The van der Waals surface area contributed by atoms with E-state index in [1.165, 1.54) is 18.7 Å². The third kappa shape index (κ3) is 2.06. The minimum Gasteiger partial charge on any atom is -0.359 e. The van der Waals surface area contributed by atoms with Crippen molar-refractivity contribution >= 4 is 28.4 Å². The summed E-state index contributed by atoms with van der Waals surface area (Å²) in [6.07, 6.45) is 0. The number of aryl methyl sites for hydroxylation is 1. The molecule has 1 heterocycles. The Hall–Kier alpha value is -2.10. The zero-order valence-corrected chi connectivity index (χ0v) is 10.1. The molecule has 4 heteroatoms. The van der Waals surface area contributed by atoms with E-state index in [1.54, 1.807) is 6.07 Å². The molecule has 0 aliphatic heterocycles. The number of amides is 2. The first-order chi connectivity index (χ1) is 7.99. The number of imide groups is 1. The molecule has 2 rings (SSSR count). The Morgan fingerprint density at radius 3 is 2.35 bits per heavy atom. The molecule has 0 saturated carbocycles. The van der Waals surface area contributed by atoms with E-state index in [9.17, 15) is 9.59 Å². The van der Waals surface area contributed by atoms with Gasteiger partial charge in [0, 0.05) is 30.4 Å². The van der Waals surface area contributed by atoms with Crippen molar-refractivity contribution in [2.75, 3.05) is 4.90 Å². The molecule has 0 fully saturated rings. The molecule has 2 amide bonds. The lowest BCUT2D eigenvalue weighted by Gasteiger charge is -2.16. The van der Waals surface area contributed by atoms with E-state index in [1.807, 2.05) is 25.1 Å². The van der Waals surface area contributed by atoms with Crippen molar-refractivity contribution in [1.82, 2.24) is 4.98 Å². The molecule has 2 aromatic rings. The Kier molecular flexibility index (Phi) is 2.71. The van der Waals surface area contributed by atoms with Gasteiger partial charge in [-0.3, -0.25) is 14.5 Å². The highest BCUT2D eigenvalue weighted by molar-refractivity contribution is 6.13. The fraction of sp³-hybridized carbons (Fsp3) is 0.231. The number of nitrogens with zero attached hydrogens (tertiary/aromatic N) is 1. The number of anilines is 1. The first-order valence-electron chi connectivity index (χ1n) is 5.39. The number of H-pyrrole nitrogens is 1. The van der Waals surface area contributed by atoms with Crippen LogP contribution in [0.1, 0.15) is 19.5 Å². The Morgan fingerprint density at radius 1 is 1.12 bits per heavy atom. The van der Waals surface area contributed by atoms with Gasteiger partial charge in [-0.2, -0.15) is 0 Å². The molecule has 0 radical (unpaired) electrons. The summed E-state index contributed by atoms with van der Waals surface area (Å²) in [6, 6.07) is 7.45. The van der Waals surface area contributed by atoms with Gasteiger partial charge in [-0.1, -0.05) is 0 Å². The van der Waals surface area contributed by atoms with Gasteiger partial charge in [0.1, 0.15) is 0 Å². The second-order valence-corrected chi connectivity index (χ2v) is 4.10. The highest BCUT2D eigenvalue weighted by Crippen LogP contribution is 2.23. The van der Waals surface area contributed by atoms with Crippen LogP contribution in [0.5, 0.6) is 0 Å². The van der Waals surface area contributed by atoms with Crippen LogP contribution in [-0.2, 0) is 9.59 Å². The van der Waals surface area contributed by atoms with E-state index in [-0.39, 0.29) is 11.8 Å². The van der Waals surface area contributed by atoms with Crippen LogP contribution in [0.25, 0.3) is 10.9 Å². The summed E-state index contributed by atoms with van der Waals surface area (Å²) in [4.78, 5) is 27.2. The van der Waals surface area contributed by atoms with Crippen molar-refractivity contribution in [3.05, 3.63) is 30.0 Å². The molecular formula is C13H14N2O2. The molecule has 0 atom stereocenters. The fourth-order valence-corrected chi connectivity index (χ4v) is 1.99. The maximum absolute atomic E-state index is 11.4. The molecule has 0 bridgehead atoms. The summed E-state index contributed by atoms with van der Waals surface area (Å²) < 4.78 is 0. The van der Waals surface area contributed by atoms with Crippen molar-refractivity contribution < 1.29 is 9.59 Å². The zero-order chi connectivity index (χ0) is 12.6.